The first-order valence-corrected chi connectivity index (χ1v) is 7.69. The fourth-order valence-corrected chi connectivity index (χ4v) is 3.41. The molecule has 4 rings (SSSR count). The number of amides is 1. The second-order valence-electron chi connectivity index (χ2n) is 6.31. The molecular formula is C15H21N5O. The van der Waals surface area contributed by atoms with Crippen LogP contribution in [0.4, 0.5) is 0 Å². The van der Waals surface area contributed by atoms with Crippen LogP contribution in [0.25, 0.3) is 5.65 Å². The summed E-state index contributed by atoms with van der Waals surface area (Å²) >= 11 is 0. The summed E-state index contributed by atoms with van der Waals surface area (Å²) < 4.78 is 3.71. The normalized spacial score (nSPS) is 23.9. The van der Waals surface area contributed by atoms with Crippen molar-refractivity contribution in [3.8, 4) is 0 Å². The Hall–Kier alpha value is -1.82. The summed E-state index contributed by atoms with van der Waals surface area (Å²) in [6.45, 7) is 4.96. The summed E-state index contributed by atoms with van der Waals surface area (Å²) in [4.78, 5) is 17.4. The SMILES string of the molecule is CC1CN(C2CC2)CCN1C(=O)c1cnn2ccn(C)c12. The van der Waals surface area contributed by atoms with Crippen LogP contribution in [0, 0.1) is 0 Å². The van der Waals surface area contributed by atoms with Crippen LogP contribution in [0.15, 0.2) is 18.6 Å². The largest absolute Gasteiger partial charge is 0.334 e. The van der Waals surface area contributed by atoms with Gasteiger partial charge in [0.25, 0.3) is 5.91 Å². The first-order chi connectivity index (χ1) is 10.1. The minimum atomic E-state index is 0.106. The lowest BCUT2D eigenvalue weighted by atomic mass is 10.1. The van der Waals surface area contributed by atoms with Crippen LogP contribution < -0.4 is 0 Å². The topological polar surface area (TPSA) is 45.8 Å². The van der Waals surface area contributed by atoms with E-state index in [-0.39, 0.29) is 11.9 Å². The molecule has 0 bridgehead atoms. The molecule has 1 unspecified atom stereocenters. The summed E-state index contributed by atoms with van der Waals surface area (Å²) in [6.07, 6.45) is 8.15. The first kappa shape index (κ1) is 12.9. The maximum Gasteiger partial charge on any atom is 0.259 e. The van der Waals surface area contributed by atoms with E-state index >= 15 is 0 Å². The lowest BCUT2D eigenvalue weighted by Crippen LogP contribution is -2.54. The van der Waals surface area contributed by atoms with Crippen molar-refractivity contribution in [3.63, 3.8) is 0 Å². The number of fused-ring (bicyclic) bond motifs is 1. The van der Waals surface area contributed by atoms with Crippen molar-refractivity contribution in [2.45, 2.75) is 31.8 Å². The van der Waals surface area contributed by atoms with Gasteiger partial charge in [-0.2, -0.15) is 5.10 Å². The Morgan fingerprint density at radius 2 is 2.10 bits per heavy atom. The predicted octanol–water partition coefficient (Wildman–Crippen LogP) is 0.981. The Balaban J connectivity index is 1.58. The van der Waals surface area contributed by atoms with E-state index < -0.39 is 0 Å². The summed E-state index contributed by atoms with van der Waals surface area (Å²) in [6, 6.07) is 1.04. The number of piperazine rings is 1. The quantitative estimate of drug-likeness (QED) is 0.827. The Labute approximate surface area is 123 Å². The Morgan fingerprint density at radius 1 is 1.29 bits per heavy atom. The molecule has 1 aliphatic carbocycles. The third kappa shape index (κ3) is 2.05. The monoisotopic (exact) mass is 287 g/mol. The van der Waals surface area contributed by atoms with Gasteiger partial charge < -0.3 is 9.47 Å². The molecule has 1 saturated carbocycles. The second kappa shape index (κ2) is 4.59. The molecule has 2 aliphatic rings. The van der Waals surface area contributed by atoms with E-state index in [1.54, 1.807) is 10.7 Å². The van der Waals surface area contributed by atoms with E-state index in [0.717, 1.165) is 31.3 Å². The molecule has 1 atom stereocenters. The smallest absolute Gasteiger partial charge is 0.259 e. The highest BCUT2D eigenvalue weighted by molar-refractivity contribution is 6.00. The Kier molecular flexibility index (Phi) is 2.82. The molecule has 1 amide bonds. The minimum Gasteiger partial charge on any atom is -0.334 e. The second-order valence-corrected chi connectivity index (χ2v) is 6.31. The van der Waals surface area contributed by atoms with Gasteiger partial charge in [0.2, 0.25) is 0 Å². The number of carbonyl (C=O) groups is 1. The lowest BCUT2D eigenvalue weighted by molar-refractivity contribution is 0.0475. The zero-order valence-corrected chi connectivity index (χ0v) is 12.6. The van der Waals surface area contributed by atoms with Crippen LogP contribution in [0.1, 0.15) is 30.1 Å². The molecule has 3 heterocycles. The van der Waals surface area contributed by atoms with Crippen molar-refractivity contribution in [1.29, 1.82) is 0 Å². The molecule has 0 N–H and O–H groups in total. The number of aromatic nitrogens is 3. The minimum absolute atomic E-state index is 0.106. The number of carbonyl (C=O) groups excluding carboxylic acids is 1. The van der Waals surface area contributed by atoms with Crippen molar-refractivity contribution in [2.24, 2.45) is 7.05 Å². The number of rotatable bonds is 2. The van der Waals surface area contributed by atoms with Gasteiger partial charge in [0.1, 0.15) is 11.2 Å². The Bertz CT molecular complexity index is 683. The Morgan fingerprint density at radius 3 is 2.81 bits per heavy atom. The van der Waals surface area contributed by atoms with Gasteiger partial charge in [0, 0.05) is 51.2 Å². The average molecular weight is 287 g/mol. The van der Waals surface area contributed by atoms with Crippen LogP contribution in [0.5, 0.6) is 0 Å². The zero-order chi connectivity index (χ0) is 14.6. The van der Waals surface area contributed by atoms with Crippen LogP contribution in [0.3, 0.4) is 0 Å². The molecule has 1 saturated heterocycles. The van der Waals surface area contributed by atoms with Gasteiger partial charge in [-0.1, -0.05) is 0 Å². The van der Waals surface area contributed by atoms with E-state index in [4.69, 9.17) is 0 Å². The molecule has 2 aromatic rings. The molecule has 1 aliphatic heterocycles. The van der Waals surface area contributed by atoms with E-state index in [1.165, 1.54) is 12.8 Å². The van der Waals surface area contributed by atoms with Crippen molar-refractivity contribution >= 4 is 11.6 Å². The molecule has 0 spiro atoms. The first-order valence-electron chi connectivity index (χ1n) is 7.69. The fraction of sp³-hybridized carbons (Fsp3) is 0.600. The number of aryl methyl sites for hydroxylation is 1. The summed E-state index contributed by atoms with van der Waals surface area (Å²) in [5, 5.41) is 4.27. The number of nitrogens with zero attached hydrogens (tertiary/aromatic N) is 5. The van der Waals surface area contributed by atoms with E-state index in [1.807, 2.05) is 28.9 Å². The van der Waals surface area contributed by atoms with Gasteiger partial charge in [-0.25, -0.2) is 4.52 Å². The van der Waals surface area contributed by atoms with Crippen LogP contribution in [0.2, 0.25) is 0 Å². The van der Waals surface area contributed by atoms with Gasteiger partial charge in [0.15, 0.2) is 0 Å². The van der Waals surface area contributed by atoms with Crippen molar-refractivity contribution in [1.82, 2.24) is 24.0 Å². The van der Waals surface area contributed by atoms with Gasteiger partial charge >= 0.3 is 0 Å². The predicted molar refractivity (Wildman–Crippen MR) is 79.3 cm³/mol. The summed E-state index contributed by atoms with van der Waals surface area (Å²) in [5.74, 6) is 0.106. The van der Waals surface area contributed by atoms with Crippen LogP contribution >= 0.6 is 0 Å². The maximum absolute atomic E-state index is 12.9. The number of hydrogen-bond donors (Lipinski definition) is 0. The highest BCUT2D eigenvalue weighted by Gasteiger charge is 2.36. The van der Waals surface area contributed by atoms with Crippen molar-refractivity contribution < 1.29 is 4.79 Å². The standard InChI is InChI=1S/C15H21N5O/c1-11-10-18(12-3-4-12)6-7-19(11)15(21)13-9-16-20-8-5-17(2)14(13)20/h5,8-9,11-12H,3-4,6-7,10H2,1-2H3. The van der Waals surface area contributed by atoms with E-state index in [9.17, 15) is 4.79 Å². The molecule has 6 nitrogen and oxygen atoms in total. The molecule has 2 aromatic heterocycles. The third-order valence-corrected chi connectivity index (χ3v) is 4.75. The van der Waals surface area contributed by atoms with Crippen molar-refractivity contribution in [3.05, 3.63) is 24.2 Å². The third-order valence-electron chi connectivity index (χ3n) is 4.75. The van der Waals surface area contributed by atoms with Crippen molar-refractivity contribution in [2.75, 3.05) is 19.6 Å². The number of imidazole rings is 1. The highest BCUT2D eigenvalue weighted by atomic mass is 16.2. The zero-order valence-electron chi connectivity index (χ0n) is 12.6. The van der Waals surface area contributed by atoms with E-state index in [2.05, 4.69) is 16.9 Å². The average Bonchev–Trinajstić information content (AvgIpc) is 3.13. The summed E-state index contributed by atoms with van der Waals surface area (Å²) in [5.41, 5.74) is 1.58. The van der Waals surface area contributed by atoms with Crippen LogP contribution in [-0.4, -0.2) is 61.6 Å². The van der Waals surface area contributed by atoms with Gasteiger partial charge in [-0.3, -0.25) is 9.69 Å². The van der Waals surface area contributed by atoms with E-state index in [0.29, 0.717) is 5.56 Å². The molecule has 2 fully saturated rings. The number of hydrogen-bond acceptors (Lipinski definition) is 3. The van der Waals surface area contributed by atoms with Gasteiger partial charge in [-0.05, 0) is 19.8 Å². The molecular weight excluding hydrogens is 266 g/mol. The van der Waals surface area contributed by atoms with Gasteiger partial charge in [0.05, 0.1) is 6.20 Å². The maximum atomic E-state index is 12.9. The highest BCUT2D eigenvalue weighted by Crippen LogP contribution is 2.29. The molecule has 21 heavy (non-hydrogen) atoms. The fourth-order valence-electron chi connectivity index (χ4n) is 3.41. The molecule has 112 valence electrons. The van der Waals surface area contributed by atoms with Crippen LogP contribution in [-0.2, 0) is 7.05 Å². The molecule has 0 radical (unpaired) electrons. The van der Waals surface area contributed by atoms with Gasteiger partial charge in [-0.15, -0.1) is 0 Å². The molecule has 0 aromatic carbocycles. The summed E-state index contributed by atoms with van der Waals surface area (Å²) in [7, 11) is 1.95. The molecule has 6 heteroatoms. The lowest BCUT2D eigenvalue weighted by Gasteiger charge is -2.40.